The number of nitrogens with one attached hydrogen (secondary N) is 1. The summed E-state index contributed by atoms with van der Waals surface area (Å²) in [4.78, 5) is 41.2. The number of oxime groups is 1. The third-order valence-electron chi connectivity index (χ3n) is 3.81. The number of anilines is 1. The van der Waals surface area contributed by atoms with Crippen molar-refractivity contribution < 1.29 is 27.6 Å². The Hall–Kier alpha value is -1.60. The number of carboxylic acid groups (broad SMARTS) is 1. The Kier molecular flexibility index (Phi) is 6.92. The van der Waals surface area contributed by atoms with Crippen LogP contribution in [-0.2, 0) is 14.4 Å². The van der Waals surface area contributed by atoms with E-state index < -0.39 is 29.2 Å². The van der Waals surface area contributed by atoms with E-state index in [1.807, 2.05) is 0 Å². The molecule has 10 nitrogen and oxygen atoms in total. The van der Waals surface area contributed by atoms with Crippen molar-refractivity contribution >= 4 is 89.5 Å². The first-order valence-corrected chi connectivity index (χ1v) is 9.09. The SMILES string of the molecule is C=CC1=C(C(=O)O)N2C(=O)[C@@H](NC(=O)C(=NO)c3csc(N)n3)[C@H]2SC1.[Ca+2].[H-].[H-]. The third-order valence-corrected chi connectivity index (χ3v) is 5.79. The zero-order chi connectivity index (χ0) is 19.0. The topological polar surface area (TPSA) is 158 Å². The summed E-state index contributed by atoms with van der Waals surface area (Å²) < 4.78 is 0. The van der Waals surface area contributed by atoms with E-state index in [9.17, 15) is 19.5 Å². The molecule has 0 aromatic carbocycles. The molecule has 2 aliphatic rings. The summed E-state index contributed by atoms with van der Waals surface area (Å²) in [5.74, 6) is -2.27. The summed E-state index contributed by atoms with van der Waals surface area (Å²) in [5.41, 5.74) is 5.49. The van der Waals surface area contributed by atoms with E-state index in [1.165, 1.54) is 23.2 Å². The van der Waals surface area contributed by atoms with E-state index >= 15 is 0 Å². The van der Waals surface area contributed by atoms with Crippen LogP contribution in [0.2, 0.25) is 0 Å². The normalized spacial score (nSPS) is 21.7. The van der Waals surface area contributed by atoms with E-state index in [0.29, 0.717) is 11.3 Å². The van der Waals surface area contributed by atoms with Gasteiger partial charge in [0.25, 0.3) is 11.8 Å². The second kappa shape index (κ2) is 8.61. The number of β-lactam (4-membered cyclic amide) rings is 1. The molecule has 0 spiro atoms. The van der Waals surface area contributed by atoms with Crippen LogP contribution in [-0.4, -0.2) is 98.6 Å². The van der Waals surface area contributed by atoms with Gasteiger partial charge in [0.05, 0.1) is 0 Å². The standard InChI is InChI=1S/C14H13N5O5S2.Ca.2H/c1-2-5-3-25-12-8(11(21)19(12)9(5)13(22)23)17-10(20)7(18-24)6-4-26-14(15)16-6;;;/h2,4,8,12,24H,1,3H2,(H2,15,16)(H,17,20)(H,22,23);;;/q;+2;2*-1/t8-,12-;;;/m1.../s1. The summed E-state index contributed by atoms with van der Waals surface area (Å²) in [6.45, 7) is 3.56. The van der Waals surface area contributed by atoms with Crippen LogP contribution >= 0.6 is 23.1 Å². The molecule has 0 saturated carbocycles. The number of carbonyl (C=O) groups is 3. The van der Waals surface area contributed by atoms with Crippen molar-refractivity contribution in [3.8, 4) is 0 Å². The van der Waals surface area contributed by atoms with Crippen molar-refractivity contribution in [2.24, 2.45) is 5.16 Å². The second-order valence-corrected chi connectivity index (χ2v) is 7.26. The Morgan fingerprint density at radius 3 is 2.78 bits per heavy atom. The van der Waals surface area contributed by atoms with Crippen molar-refractivity contribution in [1.82, 2.24) is 15.2 Å². The number of thiazole rings is 1. The van der Waals surface area contributed by atoms with Gasteiger partial charge in [0, 0.05) is 11.1 Å². The van der Waals surface area contributed by atoms with Gasteiger partial charge in [-0.1, -0.05) is 17.8 Å². The first-order valence-electron chi connectivity index (χ1n) is 7.16. The fraction of sp³-hybridized carbons (Fsp3) is 0.214. The fourth-order valence-corrected chi connectivity index (χ4v) is 4.51. The molecule has 3 rings (SSSR count). The first kappa shape index (κ1) is 21.7. The number of hydrogen-bond acceptors (Lipinski definition) is 9. The summed E-state index contributed by atoms with van der Waals surface area (Å²) in [6, 6.07) is -0.944. The number of carboxylic acids is 1. The minimum absolute atomic E-state index is 0. The van der Waals surface area contributed by atoms with Crippen LogP contribution in [0.4, 0.5) is 5.13 Å². The number of aromatic nitrogens is 1. The van der Waals surface area contributed by atoms with Crippen LogP contribution in [0.25, 0.3) is 0 Å². The molecule has 1 aromatic rings. The maximum Gasteiger partial charge on any atom is 2.00 e. The van der Waals surface area contributed by atoms with Crippen molar-refractivity contribution in [3.63, 3.8) is 0 Å². The van der Waals surface area contributed by atoms with E-state index in [4.69, 9.17) is 10.9 Å². The smallest absolute Gasteiger partial charge is 1.00 e. The fourth-order valence-electron chi connectivity index (χ4n) is 2.62. The Bertz CT molecular complexity index is 894. The molecule has 27 heavy (non-hydrogen) atoms. The number of nitrogens with two attached hydrogens (primary N) is 1. The van der Waals surface area contributed by atoms with Crippen LogP contribution in [0, 0.1) is 0 Å². The minimum atomic E-state index is -1.24. The average molecular weight is 438 g/mol. The molecular formula is C14H15CaN5O5S2. The summed E-state index contributed by atoms with van der Waals surface area (Å²) in [7, 11) is 0. The molecule has 0 bridgehead atoms. The molecule has 1 aromatic heterocycles. The number of hydrogen-bond donors (Lipinski definition) is 4. The molecule has 0 aliphatic carbocycles. The molecule has 0 unspecified atom stereocenters. The number of rotatable bonds is 5. The molecule has 0 radical (unpaired) electrons. The zero-order valence-corrected chi connectivity index (χ0v) is 17.6. The van der Waals surface area contributed by atoms with Gasteiger partial charge in [0.2, 0.25) is 0 Å². The Morgan fingerprint density at radius 2 is 2.26 bits per heavy atom. The second-order valence-electron chi connectivity index (χ2n) is 5.26. The van der Waals surface area contributed by atoms with Crippen molar-refractivity contribution in [1.29, 1.82) is 0 Å². The molecule has 2 amide bonds. The minimum Gasteiger partial charge on any atom is -1.00 e. The van der Waals surface area contributed by atoms with Crippen molar-refractivity contribution in [2.75, 3.05) is 11.5 Å². The zero-order valence-electron chi connectivity index (χ0n) is 15.8. The van der Waals surface area contributed by atoms with Gasteiger partial charge < -0.3 is 24.2 Å². The number of allylic oxidation sites excluding steroid dienone is 1. The summed E-state index contributed by atoms with van der Waals surface area (Å²) in [6.07, 6.45) is 1.40. The van der Waals surface area contributed by atoms with Crippen LogP contribution < -0.4 is 11.1 Å². The number of amides is 2. The number of carbonyl (C=O) groups excluding carboxylic acids is 2. The van der Waals surface area contributed by atoms with Gasteiger partial charge in [-0.2, -0.15) is 0 Å². The van der Waals surface area contributed by atoms with Crippen LogP contribution in [0.1, 0.15) is 8.55 Å². The molecule has 1 saturated heterocycles. The van der Waals surface area contributed by atoms with Crippen molar-refractivity contribution in [3.05, 3.63) is 35.0 Å². The molecule has 1 fully saturated rings. The number of thioether (sulfide) groups is 1. The molecule has 140 valence electrons. The molecular weight excluding hydrogens is 422 g/mol. The third kappa shape index (κ3) is 3.85. The maximum absolute atomic E-state index is 12.4. The maximum atomic E-state index is 12.4. The van der Waals surface area contributed by atoms with Crippen molar-refractivity contribution in [2.45, 2.75) is 11.4 Å². The van der Waals surface area contributed by atoms with Crippen LogP contribution in [0.15, 0.2) is 34.5 Å². The van der Waals surface area contributed by atoms with Gasteiger partial charge in [0.1, 0.15) is 22.8 Å². The molecule has 2 aliphatic heterocycles. The molecule has 3 heterocycles. The Labute approximate surface area is 194 Å². The number of aliphatic carboxylic acids is 1. The molecule has 5 N–H and O–H groups in total. The van der Waals surface area contributed by atoms with Gasteiger partial charge in [0.15, 0.2) is 10.8 Å². The quantitative estimate of drug-likeness (QED) is 0.160. The Morgan fingerprint density at radius 1 is 1.56 bits per heavy atom. The largest absolute Gasteiger partial charge is 2.00 e. The van der Waals surface area contributed by atoms with E-state index in [1.54, 1.807) is 0 Å². The predicted octanol–water partition coefficient (Wildman–Crippen LogP) is -0.328. The summed E-state index contributed by atoms with van der Waals surface area (Å²) >= 11 is 2.37. The van der Waals surface area contributed by atoms with E-state index in [2.05, 4.69) is 22.0 Å². The Balaban J connectivity index is 0.00000261. The van der Waals surface area contributed by atoms with Crippen LogP contribution in [0.3, 0.4) is 0 Å². The predicted molar refractivity (Wildman–Crippen MR) is 103 cm³/mol. The number of nitrogen functional groups attached to an aromatic ring is 1. The number of fused-ring (bicyclic) bond motifs is 1. The monoisotopic (exact) mass is 437 g/mol. The number of nitrogens with zero attached hydrogens (tertiary/aromatic N) is 3. The van der Waals surface area contributed by atoms with E-state index in [-0.39, 0.29) is 62.8 Å². The summed E-state index contributed by atoms with van der Waals surface area (Å²) in [5, 5.41) is 24.9. The molecule has 13 heteroatoms. The van der Waals surface area contributed by atoms with Gasteiger partial charge >= 0.3 is 43.7 Å². The van der Waals surface area contributed by atoms with E-state index in [0.717, 1.165) is 16.2 Å². The van der Waals surface area contributed by atoms with Gasteiger partial charge in [-0.25, -0.2) is 9.78 Å². The first-order chi connectivity index (χ1) is 12.4. The van der Waals surface area contributed by atoms with Gasteiger partial charge in [-0.15, -0.1) is 23.1 Å². The van der Waals surface area contributed by atoms with Crippen LogP contribution in [0.5, 0.6) is 0 Å². The molecule has 2 atom stereocenters. The van der Waals surface area contributed by atoms with Gasteiger partial charge in [-0.05, 0) is 5.57 Å². The average Bonchev–Trinajstić information content (AvgIpc) is 3.04. The van der Waals surface area contributed by atoms with Gasteiger partial charge in [-0.3, -0.25) is 14.5 Å².